The van der Waals surface area contributed by atoms with Crippen LogP contribution < -0.4 is 4.90 Å². The number of ketones is 1. The minimum atomic E-state index is 0.105. The molecule has 0 aromatic heterocycles. The Morgan fingerprint density at radius 1 is 1.05 bits per heavy atom. The van der Waals surface area contributed by atoms with Gasteiger partial charge in [0.25, 0.3) is 5.91 Å². The second-order valence-electron chi connectivity index (χ2n) is 5.65. The molecule has 0 radical (unpaired) electrons. The van der Waals surface area contributed by atoms with Gasteiger partial charge in [-0.05, 0) is 37.3 Å². The Kier molecular flexibility index (Phi) is 3.74. The molecule has 0 unspecified atom stereocenters. The molecule has 0 spiro atoms. The van der Waals surface area contributed by atoms with Crippen LogP contribution in [0.4, 0.5) is 5.69 Å². The van der Waals surface area contributed by atoms with Gasteiger partial charge in [-0.3, -0.25) is 4.79 Å². The van der Waals surface area contributed by atoms with Crippen LogP contribution >= 0.6 is 0 Å². The molecular formula is C18H19NO2. The van der Waals surface area contributed by atoms with Crippen molar-refractivity contribution in [2.75, 3.05) is 11.4 Å². The summed E-state index contributed by atoms with van der Waals surface area (Å²) < 4.78 is 0. The molecule has 21 heavy (non-hydrogen) atoms. The van der Waals surface area contributed by atoms with Crippen molar-refractivity contribution in [3.05, 3.63) is 42.0 Å². The average Bonchev–Trinajstić information content (AvgIpc) is 2.75. The summed E-state index contributed by atoms with van der Waals surface area (Å²) in [5.74, 6) is 0.345. The van der Waals surface area contributed by atoms with Gasteiger partial charge < -0.3 is 9.69 Å². The number of unbranched alkanes of at least 4 members (excludes halogenated alkanes) is 2. The molecule has 0 aliphatic carbocycles. The number of Topliss-reactive ketones (excluding diaryl/α,β-unsaturated/α-hetero) is 1. The smallest absolute Gasteiger partial charge is 0.258 e. The molecule has 0 saturated heterocycles. The first kappa shape index (κ1) is 13.8. The van der Waals surface area contributed by atoms with E-state index in [1.54, 1.807) is 6.92 Å². The van der Waals surface area contributed by atoms with Crippen LogP contribution in [0.1, 0.15) is 43.0 Å². The number of amides is 1. The molecule has 3 heteroatoms. The van der Waals surface area contributed by atoms with Gasteiger partial charge in [0.15, 0.2) is 0 Å². The number of carbonyl (C=O) groups excluding carboxylic acids is 2. The second kappa shape index (κ2) is 5.68. The van der Waals surface area contributed by atoms with E-state index in [4.69, 9.17) is 0 Å². The van der Waals surface area contributed by atoms with Crippen LogP contribution in [0.2, 0.25) is 0 Å². The van der Waals surface area contributed by atoms with Gasteiger partial charge in [-0.2, -0.15) is 0 Å². The zero-order chi connectivity index (χ0) is 14.8. The minimum Gasteiger partial charge on any atom is -0.308 e. The third-order valence-corrected chi connectivity index (χ3v) is 4.06. The summed E-state index contributed by atoms with van der Waals surface area (Å²) in [7, 11) is 0. The summed E-state index contributed by atoms with van der Waals surface area (Å²) in [6.45, 7) is 2.35. The van der Waals surface area contributed by atoms with Gasteiger partial charge in [0.1, 0.15) is 5.78 Å². The highest BCUT2D eigenvalue weighted by atomic mass is 16.2. The predicted octanol–water partition coefficient (Wildman–Crippen LogP) is 3.95. The Labute approximate surface area is 124 Å². The molecule has 2 aromatic carbocycles. The maximum absolute atomic E-state index is 12.5. The first-order valence-corrected chi connectivity index (χ1v) is 7.51. The molecule has 1 aliphatic rings. The van der Waals surface area contributed by atoms with Crippen LogP contribution in [-0.2, 0) is 4.79 Å². The van der Waals surface area contributed by atoms with E-state index in [2.05, 4.69) is 0 Å². The number of rotatable bonds is 6. The van der Waals surface area contributed by atoms with Crippen molar-refractivity contribution in [3.63, 3.8) is 0 Å². The van der Waals surface area contributed by atoms with Gasteiger partial charge in [0.05, 0.1) is 5.69 Å². The number of hydrogen-bond acceptors (Lipinski definition) is 2. The molecule has 0 atom stereocenters. The summed E-state index contributed by atoms with van der Waals surface area (Å²) >= 11 is 0. The third kappa shape index (κ3) is 2.56. The van der Waals surface area contributed by atoms with E-state index in [9.17, 15) is 9.59 Å². The quantitative estimate of drug-likeness (QED) is 0.752. The van der Waals surface area contributed by atoms with E-state index in [-0.39, 0.29) is 11.7 Å². The van der Waals surface area contributed by atoms with Crippen molar-refractivity contribution in [1.82, 2.24) is 0 Å². The van der Waals surface area contributed by atoms with Gasteiger partial charge in [-0.15, -0.1) is 0 Å². The van der Waals surface area contributed by atoms with E-state index in [0.717, 1.165) is 47.8 Å². The molecular weight excluding hydrogens is 262 g/mol. The summed E-state index contributed by atoms with van der Waals surface area (Å²) in [4.78, 5) is 25.3. The highest BCUT2D eigenvalue weighted by Gasteiger charge is 2.28. The minimum absolute atomic E-state index is 0.105. The summed E-state index contributed by atoms with van der Waals surface area (Å²) in [5, 5.41) is 2.20. The lowest BCUT2D eigenvalue weighted by Crippen LogP contribution is -2.27. The molecule has 0 fully saturated rings. The van der Waals surface area contributed by atoms with E-state index >= 15 is 0 Å². The van der Waals surface area contributed by atoms with Gasteiger partial charge in [-0.25, -0.2) is 0 Å². The third-order valence-electron chi connectivity index (χ3n) is 4.06. The predicted molar refractivity (Wildman–Crippen MR) is 84.8 cm³/mol. The topological polar surface area (TPSA) is 37.4 Å². The fraction of sp³-hybridized carbons (Fsp3) is 0.333. The van der Waals surface area contributed by atoms with Gasteiger partial charge in [-0.1, -0.05) is 30.7 Å². The molecule has 3 nitrogen and oxygen atoms in total. The second-order valence-corrected chi connectivity index (χ2v) is 5.65. The molecule has 2 aromatic rings. The van der Waals surface area contributed by atoms with Crippen LogP contribution in [-0.4, -0.2) is 18.2 Å². The van der Waals surface area contributed by atoms with Crippen LogP contribution in [0.25, 0.3) is 10.8 Å². The Balaban J connectivity index is 1.73. The SMILES string of the molecule is CC(=O)CCCCCN1C(=O)c2cccc3cccc1c23. The number of anilines is 1. The molecule has 1 amide bonds. The summed E-state index contributed by atoms with van der Waals surface area (Å²) in [6, 6.07) is 12.0. The highest BCUT2D eigenvalue weighted by Crippen LogP contribution is 2.37. The number of benzene rings is 2. The first-order valence-electron chi connectivity index (χ1n) is 7.51. The molecule has 0 bridgehead atoms. The Hall–Kier alpha value is -2.16. The zero-order valence-corrected chi connectivity index (χ0v) is 12.3. The first-order chi connectivity index (χ1) is 10.2. The van der Waals surface area contributed by atoms with Crippen molar-refractivity contribution in [2.45, 2.75) is 32.6 Å². The zero-order valence-electron chi connectivity index (χ0n) is 12.3. The maximum atomic E-state index is 12.5. The standard InChI is InChI=1S/C18H19NO2/c1-13(20)7-3-2-4-12-19-16-11-6-9-14-8-5-10-15(17(14)16)18(19)21/h5-6,8-11H,2-4,7,12H2,1H3. The molecule has 1 heterocycles. The lowest BCUT2D eigenvalue weighted by Gasteiger charge is -2.17. The fourth-order valence-electron chi connectivity index (χ4n) is 3.02. The van der Waals surface area contributed by atoms with Crippen LogP contribution in [0.3, 0.4) is 0 Å². The molecule has 1 aliphatic heterocycles. The van der Waals surface area contributed by atoms with E-state index in [1.165, 1.54) is 0 Å². The van der Waals surface area contributed by atoms with Crippen LogP contribution in [0.15, 0.2) is 36.4 Å². The Morgan fingerprint density at radius 2 is 1.81 bits per heavy atom. The van der Waals surface area contributed by atoms with Crippen molar-refractivity contribution in [3.8, 4) is 0 Å². The molecule has 108 valence electrons. The Bertz CT molecular complexity index is 700. The average molecular weight is 281 g/mol. The van der Waals surface area contributed by atoms with Crippen LogP contribution in [0, 0.1) is 0 Å². The van der Waals surface area contributed by atoms with Crippen molar-refractivity contribution in [2.24, 2.45) is 0 Å². The largest absolute Gasteiger partial charge is 0.308 e. The maximum Gasteiger partial charge on any atom is 0.258 e. The van der Waals surface area contributed by atoms with E-state index in [0.29, 0.717) is 6.42 Å². The molecule has 0 N–H and O–H groups in total. The van der Waals surface area contributed by atoms with Crippen LogP contribution in [0.5, 0.6) is 0 Å². The normalized spacial score (nSPS) is 13.2. The molecule has 0 saturated carbocycles. The van der Waals surface area contributed by atoms with E-state index in [1.807, 2.05) is 41.3 Å². The highest BCUT2D eigenvalue weighted by molar-refractivity contribution is 6.24. The number of hydrogen-bond donors (Lipinski definition) is 0. The van der Waals surface area contributed by atoms with Crippen molar-refractivity contribution >= 4 is 28.2 Å². The lowest BCUT2D eigenvalue weighted by atomic mass is 10.1. The van der Waals surface area contributed by atoms with Gasteiger partial charge in [0.2, 0.25) is 0 Å². The fourth-order valence-corrected chi connectivity index (χ4v) is 3.02. The summed E-state index contributed by atoms with van der Waals surface area (Å²) in [5.41, 5.74) is 1.84. The van der Waals surface area contributed by atoms with Crippen molar-refractivity contribution < 1.29 is 9.59 Å². The monoisotopic (exact) mass is 281 g/mol. The molecule has 3 rings (SSSR count). The summed E-state index contributed by atoms with van der Waals surface area (Å²) in [6.07, 6.45) is 3.47. The number of nitrogens with zero attached hydrogens (tertiary/aromatic N) is 1. The van der Waals surface area contributed by atoms with Gasteiger partial charge >= 0.3 is 0 Å². The number of carbonyl (C=O) groups is 2. The van der Waals surface area contributed by atoms with Crippen molar-refractivity contribution in [1.29, 1.82) is 0 Å². The Morgan fingerprint density at radius 3 is 2.57 bits per heavy atom. The van der Waals surface area contributed by atoms with E-state index < -0.39 is 0 Å². The lowest BCUT2D eigenvalue weighted by molar-refractivity contribution is -0.117. The van der Waals surface area contributed by atoms with Gasteiger partial charge in [0, 0.05) is 23.9 Å².